The van der Waals surface area contributed by atoms with Crippen LogP contribution in [0.3, 0.4) is 0 Å². The van der Waals surface area contributed by atoms with E-state index < -0.39 is 0 Å². The van der Waals surface area contributed by atoms with Crippen LogP contribution in [-0.2, 0) is 0 Å². The van der Waals surface area contributed by atoms with E-state index in [4.69, 9.17) is 11.6 Å². The van der Waals surface area contributed by atoms with Gasteiger partial charge in [-0.1, -0.05) is 17.7 Å². The Morgan fingerprint density at radius 1 is 1.26 bits per heavy atom. The first-order chi connectivity index (χ1) is 8.99. The number of aryl methyl sites for hydroxylation is 3. The van der Waals surface area contributed by atoms with Gasteiger partial charge in [-0.3, -0.25) is 9.78 Å². The Hall–Kier alpha value is -1.87. The number of halogens is 1. The largest absolute Gasteiger partial charge is 0.320 e. The second-order valence-corrected chi connectivity index (χ2v) is 4.94. The summed E-state index contributed by atoms with van der Waals surface area (Å²) >= 11 is 6.18. The van der Waals surface area contributed by atoms with Crippen molar-refractivity contribution in [3.63, 3.8) is 0 Å². The monoisotopic (exact) mass is 274 g/mol. The number of pyridine rings is 1. The number of amides is 1. The van der Waals surface area contributed by atoms with E-state index in [1.165, 1.54) is 0 Å². The molecule has 0 bridgehead atoms. The van der Waals surface area contributed by atoms with E-state index in [2.05, 4.69) is 10.3 Å². The number of rotatable bonds is 2. The highest BCUT2D eigenvalue weighted by Gasteiger charge is 2.13. The second kappa shape index (κ2) is 5.41. The molecule has 0 radical (unpaired) electrons. The summed E-state index contributed by atoms with van der Waals surface area (Å²) in [4.78, 5) is 16.3. The van der Waals surface area contributed by atoms with Gasteiger partial charge in [0.1, 0.15) is 0 Å². The Morgan fingerprint density at radius 3 is 2.63 bits per heavy atom. The molecule has 98 valence electrons. The van der Waals surface area contributed by atoms with Crippen molar-refractivity contribution in [3.8, 4) is 0 Å². The molecule has 3 nitrogen and oxygen atoms in total. The van der Waals surface area contributed by atoms with Crippen LogP contribution < -0.4 is 5.32 Å². The van der Waals surface area contributed by atoms with E-state index in [0.29, 0.717) is 22.0 Å². The van der Waals surface area contributed by atoms with Crippen LogP contribution in [0.5, 0.6) is 0 Å². The molecular formula is C15H15ClN2O. The number of benzene rings is 1. The number of nitrogens with one attached hydrogen (secondary N) is 1. The van der Waals surface area contributed by atoms with Crippen molar-refractivity contribution < 1.29 is 4.79 Å². The Morgan fingerprint density at radius 2 is 2.00 bits per heavy atom. The predicted molar refractivity (Wildman–Crippen MR) is 77.9 cm³/mol. The topological polar surface area (TPSA) is 42.0 Å². The average molecular weight is 275 g/mol. The fourth-order valence-electron chi connectivity index (χ4n) is 1.98. The molecule has 0 saturated heterocycles. The fourth-order valence-corrected chi connectivity index (χ4v) is 2.35. The molecular weight excluding hydrogens is 260 g/mol. The lowest BCUT2D eigenvalue weighted by atomic mass is 10.1. The Labute approximate surface area is 117 Å². The molecule has 0 fully saturated rings. The number of carbonyl (C=O) groups excluding carboxylic acids is 1. The van der Waals surface area contributed by atoms with Gasteiger partial charge < -0.3 is 5.32 Å². The first-order valence-corrected chi connectivity index (χ1v) is 6.36. The predicted octanol–water partition coefficient (Wildman–Crippen LogP) is 3.91. The average Bonchev–Trinajstić information content (AvgIpc) is 2.34. The molecule has 1 N–H and O–H groups in total. The van der Waals surface area contributed by atoms with Crippen molar-refractivity contribution in [2.45, 2.75) is 20.8 Å². The summed E-state index contributed by atoms with van der Waals surface area (Å²) in [6.07, 6.45) is 1.66. The molecule has 0 aliphatic heterocycles. The van der Waals surface area contributed by atoms with Crippen LogP contribution in [0.4, 0.5) is 5.69 Å². The minimum absolute atomic E-state index is 0.195. The number of carbonyl (C=O) groups is 1. The second-order valence-electron chi connectivity index (χ2n) is 4.53. The zero-order valence-electron chi connectivity index (χ0n) is 11.1. The molecule has 1 aromatic heterocycles. The third-order valence-electron chi connectivity index (χ3n) is 2.92. The van der Waals surface area contributed by atoms with Crippen molar-refractivity contribution in [3.05, 3.63) is 57.9 Å². The van der Waals surface area contributed by atoms with Crippen LogP contribution in [0.2, 0.25) is 5.02 Å². The van der Waals surface area contributed by atoms with Crippen LogP contribution >= 0.6 is 11.6 Å². The molecule has 2 rings (SSSR count). The fraction of sp³-hybridized carbons (Fsp3) is 0.200. The van der Waals surface area contributed by atoms with Gasteiger partial charge in [-0.2, -0.15) is 0 Å². The van der Waals surface area contributed by atoms with Gasteiger partial charge in [0.05, 0.1) is 16.3 Å². The maximum Gasteiger partial charge on any atom is 0.257 e. The molecule has 0 unspecified atom stereocenters. The van der Waals surface area contributed by atoms with Gasteiger partial charge in [-0.15, -0.1) is 0 Å². The molecule has 0 spiro atoms. The number of nitrogens with zero attached hydrogens (tertiary/aromatic N) is 1. The number of anilines is 1. The van der Waals surface area contributed by atoms with E-state index in [1.54, 1.807) is 25.3 Å². The highest BCUT2D eigenvalue weighted by Crippen LogP contribution is 2.27. The van der Waals surface area contributed by atoms with Gasteiger partial charge in [0, 0.05) is 11.9 Å². The van der Waals surface area contributed by atoms with E-state index in [9.17, 15) is 4.79 Å². The molecule has 4 heteroatoms. The third-order valence-corrected chi connectivity index (χ3v) is 3.22. The minimum Gasteiger partial charge on any atom is -0.320 e. The summed E-state index contributed by atoms with van der Waals surface area (Å²) in [5.41, 5.74) is 3.91. The lowest BCUT2D eigenvalue weighted by Crippen LogP contribution is -2.15. The number of hydrogen-bond acceptors (Lipinski definition) is 2. The van der Waals surface area contributed by atoms with Gasteiger partial charge in [0.25, 0.3) is 5.91 Å². The van der Waals surface area contributed by atoms with E-state index in [0.717, 1.165) is 11.1 Å². The standard InChI is InChI=1S/C15H15ClN2O/c1-9-7-10(2)14(13(16)8-9)18-15(19)12-5-4-6-17-11(12)3/h4-8H,1-3H3,(H,18,19). The van der Waals surface area contributed by atoms with Crippen LogP contribution in [0.15, 0.2) is 30.5 Å². The first-order valence-electron chi connectivity index (χ1n) is 5.98. The zero-order chi connectivity index (χ0) is 14.0. The third kappa shape index (κ3) is 2.93. The molecule has 0 aliphatic rings. The van der Waals surface area contributed by atoms with E-state index in [1.807, 2.05) is 26.0 Å². The molecule has 1 aromatic carbocycles. The highest BCUT2D eigenvalue weighted by atomic mass is 35.5. The van der Waals surface area contributed by atoms with E-state index >= 15 is 0 Å². The number of aromatic nitrogens is 1. The molecule has 0 saturated carbocycles. The molecule has 0 aliphatic carbocycles. The normalized spacial score (nSPS) is 10.3. The quantitative estimate of drug-likeness (QED) is 0.902. The molecule has 1 amide bonds. The first kappa shape index (κ1) is 13.6. The summed E-state index contributed by atoms with van der Waals surface area (Å²) in [5.74, 6) is -0.195. The SMILES string of the molecule is Cc1cc(C)c(NC(=O)c2cccnc2C)c(Cl)c1. The van der Waals surface area contributed by atoms with Crippen LogP contribution in [-0.4, -0.2) is 10.9 Å². The van der Waals surface area contributed by atoms with Crippen molar-refractivity contribution in [2.24, 2.45) is 0 Å². The number of hydrogen-bond donors (Lipinski definition) is 1. The van der Waals surface area contributed by atoms with Gasteiger partial charge >= 0.3 is 0 Å². The van der Waals surface area contributed by atoms with E-state index in [-0.39, 0.29) is 5.91 Å². The maximum absolute atomic E-state index is 12.2. The minimum atomic E-state index is -0.195. The smallest absolute Gasteiger partial charge is 0.257 e. The Balaban J connectivity index is 2.32. The van der Waals surface area contributed by atoms with Gasteiger partial charge in [0.15, 0.2) is 0 Å². The molecule has 19 heavy (non-hydrogen) atoms. The van der Waals surface area contributed by atoms with Crippen molar-refractivity contribution in [2.75, 3.05) is 5.32 Å². The zero-order valence-corrected chi connectivity index (χ0v) is 11.9. The molecule has 0 atom stereocenters. The van der Waals surface area contributed by atoms with Crippen molar-refractivity contribution >= 4 is 23.2 Å². The summed E-state index contributed by atoms with van der Waals surface area (Å²) in [5, 5.41) is 3.40. The van der Waals surface area contributed by atoms with Crippen molar-refractivity contribution in [1.82, 2.24) is 4.98 Å². The highest BCUT2D eigenvalue weighted by molar-refractivity contribution is 6.34. The maximum atomic E-state index is 12.2. The Bertz CT molecular complexity index is 615. The van der Waals surface area contributed by atoms with Crippen molar-refractivity contribution in [1.29, 1.82) is 0 Å². The lowest BCUT2D eigenvalue weighted by molar-refractivity contribution is 0.102. The van der Waals surface area contributed by atoms with Gasteiger partial charge in [-0.05, 0) is 50.1 Å². The van der Waals surface area contributed by atoms with Crippen LogP contribution in [0.25, 0.3) is 0 Å². The van der Waals surface area contributed by atoms with Gasteiger partial charge in [-0.25, -0.2) is 0 Å². The lowest BCUT2D eigenvalue weighted by Gasteiger charge is -2.12. The van der Waals surface area contributed by atoms with Crippen LogP contribution in [0, 0.1) is 20.8 Å². The molecule has 1 heterocycles. The summed E-state index contributed by atoms with van der Waals surface area (Å²) in [6.45, 7) is 5.69. The van der Waals surface area contributed by atoms with Gasteiger partial charge in [0.2, 0.25) is 0 Å². The van der Waals surface area contributed by atoms with Crippen LogP contribution in [0.1, 0.15) is 27.2 Å². The summed E-state index contributed by atoms with van der Waals surface area (Å²) in [6, 6.07) is 7.30. The summed E-state index contributed by atoms with van der Waals surface area (Å²) in [7, 11) is 0. The molecule has 2 aromatic rings. The Kier molecular flexibility index (Phi) is 3.86. The summed E-state index contributed by atoms with van der Waals surface area (Å²) < 4.78 is 0.